The molecule has 0 aromatic heterocycles. The minimum absolute atomic E-state index is 0.0954. The molecular formula is C17H28O4. The van der Waals surface area contributed by atoms with E-state index in [0.29, 0.717) is 18.3 Å². The van der Waals surface area contributed by atoms with Crippen LogP contribution in [-0.2, 0) is 9.53 Å². The maximum atomic E-state index is 11.5. The van der Waals surface area contributed by atoms with E-state index in [1.807, 2.05) is 6.92 Å². The van der Waals surface area contributed by atoms with Gasteiger partial charge in [-0.25, -0.2) is 0 Å². The average Bonchev–Trinajstić information content (AvgIpc) is 2.83. The Morgan fingerprint density at radius 2 is 1.90 bits per heavy atom. The number of rotatable bonds is 2. The van der Waals surface area contributed by atoms with Crippen molar-refractivity contribution in [1.29, 1.82) is 0 Å². The molecule has 2 N–H and O–H groups in total. The van der Waals surface area contributed by atoms with Crippen molar-refractivity contribution in [3.8, 4) is 0 Å². The Bertz CT molecular complexity index is 464. The number of ether oxygens (including phenoxy) is 1. The van der Waals surface area contributed by atoms with Crippen molar-refractivity contribution in [3.63, 3.8) is 0 Å². The fourth-order valence-electron chi connectivity index (χ4n) is 6.40. The van der Waals surface area contributed by atoms with Crippen LogP contribution in [0.4, 0.5) is 0 Å². The van der Waals surface area contributed by atoms with Crippen LogP contribution in [-0.4, -0.2) is 34.5 Å². The molecule has 3 aliphatic rings. The van der Waals surface area contributed by atoms with E-state index < -0.39 is 11.7 Å². The molecule has 0 aromatic carbocycles. The SMILES string of the molecule is CC(=O)O[C@]1(C)C[C@H](O)[C@@]23C[C@@H]1[C@](C)(CO)[C@@H]2CC[C@H]3C. The van der Waals surface area contributed by atoms with Crippen molar-refractivity contribution in [2.45, 2.75) is 65.1 Å². The van der Waals surface area contributed by atoms with Gasteiger partial charge in [0.1, 0.15) is 5.60 Å². The summed E-state index contributed by atoms with van der Waals surface area (Å²) < 4.78 is 5.66. The highest BCUT2D eigenvalue weighted by Crippen LogP contribution is 2.73. The average molecular weight is 296 g/mol. The van der Waals surface area contributed by atoms with Crippen molar-refractivity contribution < 1.29 is 19.7 Å². The Balaban J connectivity index is 2.08. The first-order valence-corrected chi connectivity index (χ1v) is 8.19. The van der Waals surface area contributed by atoms with Gasteiger partial charge in [0, 0.05) is 36.7 Å². The summed E-state index contributed by atoms with van der Waals surface area (Å²) in [7, 11) is 0. The summed E-state index contributed by atoms with van der Waals surface area (Å²) in [6, 6.07) is 0. The fourth-order valence-corrected chi connectivity index (χ4v) is 6.40. The molecule has 4 nitrogen and oxygen atoms in total. The highest BCUT2D eigenvalue weighted by atomic mass is 16.6. The first kappa shape index (κ1) is 15.3. The minimum Gasteiger partial charge on any atom is -0.459 e. The molecule has 3 rings (SSSR count). The van der Waals surface area contributed by atoms with Gasteiger partial charge in [0.05, 0.1) is 6.10 Å². The van der Waals surface area contributed by atoms with Crippen molar-refractivity contribution in [1.82, 2.24) is 0 Å². The van der Waals surface area contributed by atoms with Crippen LogP contribution in [0.15, 0.2) is 0 Å². The highest BCUT2D eigenvalue weighted by Gasteiger charge is 2.73. The lowest BCUT2D eigenvalue weighted by Gasteiger charge is -2.49. The monoisotopic (exact) mass is 296 g/mol. The molecule has 0 aromatic rings. The van der Waals surface area contributed by atoms with E-state index in [1.165, 1.54) is 6.92 Å². The van der Waals surface area contributed by atoms with Crippen LogP contribution < -0.4 is 0 Å². The molecule has 7 atom stereocenters. The number of fused-ring (bicyclic) bond motifs is 1. The number of carbonyl (C=O) groups excluding carboxylic acids is 1. The van der Waals surface area contributed by atoms with E-state index in [1.54, 1.807) is 0 Å². The van der Waals surface area contributed by atoms with Crippen molar-refractivity contribution >= 4 is 5.97 Å². The predicted molar refractivity (Wildman–Crippen MR) is 78.4 cm³/mol. The number of esters is 1. The maximum Gasteiger partial charge on any atom is 0.303 e. The number of aliphatic hydroxyl groups is 2. The normalized spacial score (nSPS) is 55.3. The molecule has 0 unspecified atom stereocenters. The van der Waals surface area contributed by atoms with Gasteiger partial charge in [-0.05, 0) is 38.0 Å². The number of aliphatic hydroxyl groups excluding tert-OH is 2. The zero-order valence-corrected chi connectivity index (χ0v) is 13.6. The molecule has 0 amide bonds. The molecule has 3 aliphatic carbocycles. The van der Waals surface area contributed by atoms with Gasteiger partial charge in [-0.3, -0.25) is 4.79 Å². The molecule has 120 valence electrons. The molecule has 0 radical (unpaired) electrons. The molecule has 4 heteroatoms. The predicted octanol–water partition coefficient (Wildman–Crippen LogP) is 2.12. The maximum absolute atomic E-state index is 11.5. The lowest BCUT2D eigenvalue weighted by molar-refractivity contribution is -0.183. The van der Waals surface area contributed by atoms with Crippen molar-refractivity contribution in [3.05, 3.63) is 0 Å². The van der Waals surface area contributed by atoms with Gasteiger partial charge in [0.2, 0.25) is 0 Å². The quantitative estimate of drug-likeness (QED) is 0.766. The summed E-state index contributed by atoms with van der Waals surface area (Å²) in [5, 5.41) is 21.1. The third-order valence-electron chi connectivity index (χ3n) is 7.28. The molecule has 3 saturated carbocycles. The van der Waals surface area contributed by atoms with Crippen LogP contribution in [0.25, 0.3) is 0 Å². The van der Waals surface area contributed by atoms with Crippen LogP contribution in [0.2, 0.25) is 0 Å². The van der Waals surface area contributed by atoms with Crippen LogP contribution in [0, 0.1) is 28.6 Å². The molecule has 21 heavy (non-hydrogen) atoms. The third kappa shape index (κ3) is 1.72. The summed E-state index contributed by atoms with van der Waals surface area (Å²) in [5.74, 6) is 0.610. The van der Waals surface area contributed by atoms with Gasteiger partial charge in [0.15, 0.2) is 0 Å². The Morgan fingerprint density at radius 1 is 1.24 bits per heavy atom. The van der Waals surface area contributed by atoms with E-state index in [0.717, 1.165) is 19.3 Å². The zero-order valence-electron chi connectivity index (χ0n) is 13.6. The Labute approximate surface area is 126 Å². The Kier molecular flexibility index (Phi) is 3.24. The second-order valence-electron chi connectivity index (χ2n) is 8.19. The minimum atomic E-state index is -0.669. The lowest BCUT2D eigenvalue weighted by Crippen LogP contribution is -2.53. The van der Waals surface area contributed by atoms with E-state index in [2.05, 4.69) is 13.8 Å². The van der Waals surface area contributed by atoms with E-state index in [-0.39, 0.29) is 29.3 Å². The van der Waals surface area contributed by atoms with Crippen LogP contribution >= 0.6 is 0 Å². The van der Waals surface area contributed by atoms with Crippen LogP contribution in [0.1, 0.15) is 53.4 Å². The lowest BCUT2D eigenvalue weighted by atomic mass is 9.62. The van der Waals surface area contributed by atoms with E-state index >= 15 is 0 Å². The second-order valence-corrected chi connectivity index (χ2v) is 8.19. The highest BCUT2D eigenvalue weighted by molar-refractivity contribution is 5.66. The fraction of sp³-hybridized carbons (Fsp3) is 0.941. The van der Waals surface area contributed by atoms with Crippen LogP contribution in [0.5, 0.6) is 0 Å². The largest absolute Gasteiger partial charge is 0.459 e. The zero-order chi connectivity index (χ0) is 15.6. The van der Waals surface area contributed by atoms with Gasteiger partial charge in [-0.15, -0.1) is 0 Å². The van der Waals surface area contributed by atoms with E-state index in [4.69, 9.17) is 4.74 Å². The smallest absolute Gasteiger partial charge is 0.303 e. The second kappa shape index (κ2) is 4.45. The summed E-state index contributed by atoms with van der Waals surface area (Å²) >= 11 is 0. The molecule has 3 fully saturated rings. The molecule has 0 heterocycles. The molecule has 2 bridgehead atoms. The van der Waals surface area contributed by atoms with Crippen molar-refractivity contribution in [2.75, 3.05) is 6.61 Å². The summed E-state index contributed by atoms with van der Waals surface area (Å²) in [6.45, 7) is 7.83. The number of hydrogen-bond acceptors (Lipinski definition) is 4. The number of hydrogen-bond donors (Lipinski definition) is 2. The summed E-state index contributed by atoms with van der Waals surface area (Å²) in [6.07, 6.45) is 3.08. The molecular weight excluding hydrogens is 268 g/mol. The topological polar surface area (TPSA) is 66.8 Å². The van der Waals surface area contributed by atoms with Gasteiger partial charge >= 0.3 is 5.97 Å². The first-order chi connectivity index (χ1) is 9.70. The Hall–Kier alpha value is -0.610. The summed E-state index contributed by atoms with van der Waals surface area (Å²) in [5.41, 5.74) is -1.04. The molecule has 1 spiro atoms. The first-order valence-electron chi connectivity index (χ1n) is 8.19. The number of carbonyl (C=O) groups is 1. The van der Waals surface area contributed by atoms with Gasteiger partial charge in [-0.2, -0.15) is 0 Å². The van der Waals surface area contributed by atoms with Crippen LogP contribution in [0.3, 0.4) is 0 Å². The standard InChI is InChI=1S/C17H28O4/c1-10-5-6-12-15(3,9-18)13-7-17(10,12)14(20)8-16(13,4)21-11(2)19/h10,12-14,18,20H,5-9H2,1-4H3/t10-,12+,13-,14+,15-,16-,17-/m1/s1. The molecule has 0 aliphatic heterocycles. The third-order valence-corrected chi connectivity index (χ3v) is 7.28. The summed E-state index contributed by atoms with van der Waals surface area (Å²) in [4.78, 5) is 11.5. The Morgan fingerprint density at radius 3 is 2.48 bits per heavy atom. The molecule has 0 saturated heterocycles. The van der Waals surface area contributed by atoms with E-state index in [9.17, 15) is 15.0 Å². The van der Waals surface area contributed by atoms with Gasteiger partial charge in [0.25, 0.3) is 0 Å². The van der Waals surface area contributed by atoms with Gasteiger partial charge < -0.3 is 14.9 Å². The van der Waals surface area contributed by atoms with Crippen molar-refractivity contribution in [2.24, 2.45) is 28.6 Å². The van der Waals surface area contributed by atoms with Gasteiger partial charge in [-0.1, -0.05) is 13.8 Å².